The molecule has 1 aliphatic rings. The van der Waals surface area contributed by atoms with Gasteiger partial charge in [0, 0.05) is 29.2 Å². The largest absolute Gasteiger partial charge is 0.494 e. The van der Waals surface area contributed by atoms with E-state index in [1.54, 1.807) is 13.1 Å². The Hall–Kier alpha value is -3.12. The third-order valence-corrected chi connectivity index (χ3v) is 6.24. The molecular weight excluding hydrogens is 412 g/mol. The maximum absolute atomic E-state index is 10.7. The van der Waals surface area contributed by atoms with Crippen molar-refractivity contribution in [2.45, 2.75) is 59.5 Å². The number of hydrogen-bond donors (Lipinski definition) is 5. The molecule has 0 bridgehead atoms. The van der Waals surface area contributed by atoms with Crippen molar-refractivity contribution in [3.05, 3.63) is 63.3 Å². The molecule has 0 spiro atoms. The molecule has 0 saturated carbocycles. The number of aliphatic imine (C=N–C) groups is 1. The van der Waals surface area contributed by atoms with Crippen molar-refractivity contribution >= 4 is 23.7 Å². The highest BCUT2D eigenvalue weighted by atomic mass is 16.3. The highest BCUT2D eigenvalue weighted by Crippen LogP contribution is 2.34. The van der Waals surface area contributed by atoms with Gasteiger partial charge in [-0.05, 0) is 62.3 Å². The van der Waals surface area contributed by atoms with Gasteiger partial charge in [-0.1, -0.05) is 44.2 Å². The van der Waals surface area contributed by atoms with Crippen molar-refractivity contribution in [3.63, 3.8) is 0 Å². The number of hydrogen-bond acceptors (Lipinski definition) is 4. The fourth-order valence-corrected chi connectivity index (χ4v) is 4.42. The highest BCUT2D eigenvalue weighted by Gasteiger charge is 2.25. The van der Waals surface area contributed by atoms with Crippen molar-refractivity contribution < 1.29 is 10.2 Å². The number of aromatic amines is 1. The van der Waals surface area contributed by atoms with Gasteiger partial charge in [0.15, 0.2) is 5.88 Å². The zero-order valence-electron chi connectivity index (χ0n) is 20.2. The number of H-pyrrole nitrogens is 1. The Kier molecular flexibility index (Phi) is 7.92. The van der Waals surface area contributed by atoms with Crippen molar-refractivity contribution in [2.75, 3.05) is 6.54 Å². The van der Waals surface area contributed by atoms with Gasteiger partial charge in [0.2, 0.25) is 0 Å². The van der Waals surface area contributed by atoms with Crippen LogP contribution in [0.25, 0.3) is 12.2 Å². The number of aromatic nitrogens is 1. The minimum absolute atomic E-state index is 0.0641. The summed E-state index contributed by atoms with van der Waals surface area (Å²) in [6.07, 6.45) is 9.13. The molecule has 2 aromatic rings. The van der Waals surface area contributed by atoms with Crippen molar-refractivity contribution in [1.29, 1.82) is 5.41 Å². The molecule has 3 atom stereocenters. The lowest BCUT2D eigenvalue weighted by molar-refractivity contribution is 0.196. The summed E-state index contributed by atoms with van der Waals surface area (Å²) in [5.41, 5.74) is 5.13. The number of amidine groups is 1. The number of rotatable bonds is 8. The Labute approximate surface area is 196 Å². The van der Waals surface area contributed by atoms with Gasteiger partial charge in [-0.15, -0.1) is 0 Å². The minimum Gasteiger partial charge on any atom is -0.494 e. The molecule has 0 aliphatic heterocycles. The second-order valence-electron chi connectivity index (χ2n) is 8.82. The SMILES string of the molecule is CCc1ccc(C)c(C2C=c3c(C(C)=NC(=N)/C=C\NC[C@H](C)O)c(O)[nH]c3=CC2CC)c1. The van der Waals surface area contributed by atoms with Crippen LogP contribution in [0.4, 0.5) is 0 Å². The molecule has 33 heavy (non-hydrogen) atoms. The van der Waals surface area contributed by atoms with E-state index in [0.29, 0.717) is 23.7 Å². The molecule has 3 rings (SSSR count). The molecule has 1 aromatic heterocycles. The maximum Gasteiger partial charge on any atom is 0.198 e. The average molecular weight is 449 g/mol. The van der Waals surface area contributed by atoms with E-state index in [9.17, 15) is 10.2 Å². The highest BCUT2D eigenvalue weighted by molar-refractivity contribution is 6.09. The number of aliphatic hydroxyl groups is 1. The number of aliphatic hydroxyl groups excluding tert-OH is 1. The van der Waals surface area contributed by atoms with Gasteiger partial charge in [-0.3, -0.25) is 5.41 Å². The summed E-state index contributed by atoms with van der Waals surface area (Å²) in [6, 6.07) is 6.70. The molecule has 0 fully saturated rings. The Balaban J connectivity index is 2.02. The molecule has 5 N–H and O–H groups in total. The molecule has 0 radical (unpaired) electrons. The molecule has 176 valence electrons. The Morgan fingerprint density at radius 1 is 1.30 bits per heavy atom. The van der Waals surface area contributed by atoms with Gasteiger partial charge in [0.05, 0.1) is 17.4 Å². The van der Waals surface area contributed by atoms with Crippen LogP contribution in [0.5, 0.6) is 5.88 Å². The van der Waals surface area contributed by atoms with Crippen LogP contribution < -0.4 is 15.9 Å². The molecule has 1 aliphatic carbocycles. The number of aromatic hydroxyl groups is 1. The van der Waals surface area contributed by atoms with Crippen LogP contribution in [-0.4, -0.2) is 39.4 Å². The number of benzene rings is 1. The molecule has 0 saturated heterocycles. The zero-order valence-corrected chi connectivity index (χ0v) is 20.2. The second-order valence-corrected chi connectivity index (χ2v) is 8.82. The summed E-state index contributed by atoms with van der Waals surface area (Å²) in [5.74, 6) is 0.675. The first-order valence-electron chi connectivity index (χ1n) is 11.7. The van der Waals surface area contributed by atoms with Gasteiger partial charge >= 0.3 is 0 Å². The quantitative estimate of drug-likeness (QED) is 0.316. The van der Waals surface area contributed by atoms with E-state index in [2.05, 4.69) is 66.4 Å². The first-order valence-corrected chi connectivity index (χ1v) is 11.7. The minimum atomic E-state index is -0.467. The smallest absolute Gasteiger partial charge is 0.198 e. The van der Waals surface area contributed by atoms with Crippen molar-refractivity contribution in [2.24, 2.45) is 10.9 Å². The van der Waals surface area contributed by atoms with Crippen LogP contribution in [-0.2, 0) is 6.42 Å². The summed E-state index contributed by atoms with van der Waals surface area (Å²) in [6.45, 7) is 10.4. The lowest BCUT2D eigenvalue weighted by atomic mass is 9.78. The summed E-state index contributed by atoms with van der Waals surface area (Å²) in [4.78, 5) is 7.50. The average Bonchev–Trinajstić information content (AvgIpc) is 3.10. The molecule has 1 heterocycles. The Morgan fingerprint density at radius 2 is 2.06 bits per heavy atom. The molecule has 6 nitrogen and oxygen atoms in total. The normalized spacial score (nSPS) is 19.0. The van der Waals surface area contributed by atoms with Crippen LogP contribution in [0.3, 0.4) is 0 Å². The summed E-state index contributed by atoms with van der Waals surface area (Å²) in [7, 11) is 0. The number of nitrogens with zero attached hydrogens (tertiary/aromatic N) is 1. The predicted molar refractivity (Wildman–Crippen MR) is 136 cm³/mol. The maximum atomic E-state index is 10.7. The fourth-order valence-electron chi connectivity index (χ4n) is 4.42. The van der Waals surface area contributed by atoms with Gasteiger partial charge in [0.25, 0.3) is 0 Å². The van der Waals surface area contributed by atoms with E-state index in [4.69, 9.17) is 5.41 Å². The monoisotopic (exact) mass is 448 g/mol. The second kappa shape index (κ2) is 10.7. The van der Waals surface area contributed by atoms with Crippen LogP contribution in [0.15, 0.2) is 35.5 Å². The molecular formula is C27H36N4O2. The summed E-state index contributed by atoms with van der Waals surface area (Å²) >= 11 is 0. The van der Waals surface area contributed by atoms with Gasteiger partial charge in [-0.2, -0.15) is 0 Å². The summed E-state index contributed by atoms with van der Waals surface area (Å²) < 4.78 is 0. The lowest BCUT2D eigenvalue weighted by Crippen LogP contribution is -2.34. The first-order chi connectivity index (χ1) is 15.7. The lowest BCUT2D eigenvalue weighted by Gasteiger charge is -2.25. The molecule has 6 heteroatoms. The number of aryl methyl sites for hydroxylation is 2. The molecule has 0 amide bonds. The van der Waals surface area contributed by atoms with E-state index in [1.165, 1.54) is 22.8 Å². The Morgan fingerprint density at radius 3 is 2.73 bits per heavy atom. The zero-order chi connectivity index (χ0) is 24.1. The van der Waals surface area contributed by atoms with Crippen molar-refractivity contribution in [1.82, 2.24) is 10.3 Å². The van der Waals surface area contributed by atoms with E-state index < -0.39 is 6.10 Å². The van der Waals surface area contributed by atoms with Crippen LogP contribution in [0, 0.1) is 18.3 Å². The predicted octanol–water partition coefficient (Wildman–Crippen LogP) is 3.25. The van der Waals surface area contributed by atoms with Crippen molar-refractivity contribution in [3.8, 4) is 5.88 Å². The summed E-state index contributed by atoms with van der Waals surface area (Å²) in [5, 5.41) is 32.9. The van der Waals surface area contributed by atoms with Gasteiger partial charge < -0.3 is 20.5 Å². The van der Waals surface area contributed by atoms with Crippen LogP contribution >= 0.6 is 0 Å². The fraction of sp³-hybridized carbons (Fsp3) is 0.407. The standard InChI is InChI=1S/C27H36N4O2/c1-6-19-9-8-16(3)21(12-19)22-14-23-24(13-20(22)7-2)31-27(33)26(23)18(5)30-25(28)10-11-29-15-17(4)32/h8-14,17,20,22,28-29,31-33H,6-7,15H2,1-5H3/b11-10-,28-25?,30-18?/t17-,20?,22?/m0/s1. The number of fused-ring (bicyclic) bond motifs is 1. The number of nitrogens with one attached hydrogen (secondary N) is 3. The topological polar surface area (TPSA) is 104 Å². The van der Waals surface area contributed by atoms with Crippen LogP contribution in [0.2, 0.25) is 0 Å². The van der Waals surface area contributed by atoms with E-state index in [-0.39, 0.29) is 17.6 Å². The third kappa shape index (κ3) is 5.63. The van der Waals surface area contributed by atoms with E-state index >= 15 is 0 Å². The van der Waals surface area contributed by atoms with E-state index in [0.717, 1.165) is 23.4 Å². The van der Waals surface area contributed by atoms with Gasteiger partial charge in [0.1, 0.15) is 5.84 Å². The van der Waals surface area contributed by atoms with Crippen LogP contribution in [0.1, 0.15) is 62.3 Å². The third-order valence-electron chi connectivity index (χ3n) is 6.24. The Bertz CT molecular complexity index is 1190. The van der Waals surface area contributed by atoms with Gasteiger partial charge in [-0.25, -0.2) is 4.99 Å². The van der Waals surface area contributed by atoms with E-state index in [1.807, 2.05) is 6.92 Å². The first kappa shape index (κ1) is 24.5. The molecule has 2 unspecified atom stereocenters. The molecule has 1 aromatic carbocycles.